The number of rotatable bonds is 10. The largest absolute Gasteiger partial charge is 0.493 e. The number of amides is 2. The van der Waals surface area contributed by atoms with E-state index in [4.69, 9.17) is 14.2 Å². The lowest BCUT2D eigenvalue weighted by atomic mass is 10.0. The van der Waals surface area contributed by atoms with Crippen molar-refractivity contribution in [3.05, 3.63) is 46.2 Å². The molecule has 3 rings (SSSR count). The first-order valence-corrected chi connectivity index (χ1v) is 11.2. The standard InChI is InChI=1S/C22H29N3O5S/c1-28-19-4-3-16(13-20(19)29-2)18(25-8-10-30-11-9-25)14-24-21(26)5-7-23-22(27)17-6-12-31-15-17/h3-4,6,12-13,15,18H,5,7-11,14H2,1-2H3,(H,23,27)(H,24,26). The van der Waals surface area contributed by atoms with Gasteiger partial charge >= 0.3 is 0 Å². The second-order valence-corrected chi connectivity index (χ2v) is 7.88. The summed E-state index contributed by atoms with van der Waals surface area (Å²) in [6.07, 6.45) is 0.220. The summed E-state index contributed by atoms with van der Waals surface area (Å²) in [5, 5.41) is 9.42. The molecule has 1 unspecified atom stereocenters. The average Bonchev–Trinajstić information content (AvgIpc) is 3.35. The Morgan fingerprint density at radius 1 is 1.13 bits per heavy atom. The first kappa shape index (κ1) is 23.1. The van der Waals surface area contributed by atoms with Gasteiger partial charge in [-0.2, -0.15) is 11.3 Å². The molecular formula is C22H29N3O5S. The Morgan fingerprint density at radius 2 is 1.90 bits per heavy atom. The van der Waals surface area contributed by atoms with Crippen LogP contribution in [0.3, 0.4) is 0 Å². The molecular weight excluding hydrogens is 418 g/mol. The molecule has 1 aliphatic heterocycles. The van der Waals surface area contributed by atoms with E-state index in [1.54, 1.807) is 25.7 Å². The SMILES string of the molecule is COc1ccc(C(CNC(=O)CCNC(=O)c2ccsc2)N2CCOCC2)cc1OC. The molecule has 0 saturated carbocycles. The van der Waals surface area contributed by atoms with E-state index >= 15 is 0 Å². The van der Waals surface area contributed by atoms with Crippen LogP contribution in [-0.4, -0.2) is 70.3 Å². The Balaban J connectivity index is 1.58. The van der Waals surface area contributed by atoms with Crippen molar-refractivity contribution in [1.29, 1.82) is 0 Å². The van der Waals surface area contributed by atoms with Crippen molar-refractivity contribution in [2.24, 2.45) is 0 Å². The highest BCUT2D eigenvalue weighted by molar-refractivity contribution is 7.08. The van der Waals surface area contributed by atoms with Gasteiger partial charge < -0.3 is 24.8 Å². The monoisotopic (exact) mass is 447 g/mol. The molecule has 2 amide bonds. The van der Waals surface area contributed by atoms with Gasteiger partial charge in [0.25, 0.3) is 5.91 Å². The summed E-state index contributed by atoms with van der Waals surface area (Å²) in [7, 11) is 3.21. The number of ether oxygens (including phenoxy) is 3. The molecule has 1 aromatic carbocycles. The Morgan fingerprint density at radius 3 is 2.58 bits per heavy atom. The van der Waals surface area contributed by atoms with Gasteiger partial charge in [0.15, 0.2) is 11.5 Å². The molecule has 0 aliphatic carbocycles. The third kappa shape index (κ3) is 6.43. The number of carbonyl (C=O) groups excluding carboxylic acids is 2. The number of nitrogens with one attached hydrogen (secondary N) is 2. The maximum Gasteiger partial charge on any atom is 0.252 e. The van der Waals surface area contributed by atoms with Crippen LogP contribution in [0.1, 0.15) is 28.4 Å². The molecule has 0 spiro atoms. The zero-order valence-corrected chi connectivity index (χ0v) is 18.7. The van der Waals surface area contributed by atoms with Gasteiger partial charge in [-0.25, -0.2) is 0 Å². The summed E-state index contributed by atoms with van der Waals surface area (Å²) in [5.41, 5.74) is 1.65. The highest BCUT2D eigenvalue weighted by Gasteiger charge is 2.24. The van der Waals surface area contributed by atoms with E-state index in [2.05, 4.69) is 15.5 Å². The fourth-order valence-electron chi connectivity index (χ4n) is 3.49. The minimum Gasteiger partial charge on any atom is -0.493 e. The molecule has 0 radical (unpaired) electrons. The van der Waals surface area contributed by atoms with Crippen LogP contribution in [0.15, 0.2) is 35.0 Å². The minimum atomic E-state index is -0.162. The second-order valence-electron chi connectivity index (χ2n) is 7.10. The van der Waals surface area contributed by atoms with Gasteiger partial charge in [0.1, 0.15) is 0 Å². The van der Waals surface area contributed by atoms with Crippen molar-refractivity contribution in [1.82, 2.24) is 15.5 Å². The number of hydrogen-bond acceptors (Lipinski definition) is 7. The predicted octanol–water partition coefficient (Wildman–Crippen LogP) is 2.07. The molecule has 1 saturated heterocycles. The summed E-state index contributed by atoms with van der Waals surface area (Å²) < 4.78 is 16.3. The van der Waals surface area contributed by atoms with E-state index in [9.17, 15) is 9.59 Å². The van der Waals surface area contributed by atoms with Crippen molar-refractivity contribution in [3.8, 4) is 11.5 Å². The van der Waals surface area contributed by atoms with Crippen LogP contribution in [0.4, 0.5) is 0 Å². The third-order valence-corrected chi connectivity index (χ3v) is 5.88. The molecule has 1 atom stereocenters. The van der Waals surface area contributed by atoms with Crippen LogP contribution in [0.2, 0.25) is 0 Å². The van der Waals surface area contributed by atoms with E-state index in [-0.39, 0.29) is 24.3 Å². The quantitative estimate of drug-likeness (QED) is 0.580. The third-order valence-electron chi connectivity index (χ3n) is 5.19. The number of nitrogens with zero attached hydrogens (tertiary/aromatic N) is 1. The van der Waals surface area contributed by atoms with Gasteiger partial charge in [0, 0.05) is 43.5 Å². The van der Waals surface area contributed by atoms with Gasteiger partial charge in [-0.3, -0.25) is 14.5 Å². The van der Waals surface area contributed by atoms with E-state index in [0.717, 1.165) is 18.7 Å². The van der Waals surface area contributed by atoms with Crippen molar-refractivity contribution < 1.29 is 23.8 Å². The molecule has 1 aromatic heterocycles. The molecule has 2 aromatic rings. The van der Waals surface area contributed by atoms with Gasteiger partial charge in [0.05, 0.1) is 33.5 Å². The van der Waals surface area contributed by atoms with Gasteiger partial charge in [-0.1, -0.05) is 6.07 Å². The summed E-state index contributed by atoms with van der Waals surface area (Å²) in [5.74, 6) is 1.05. The summed E-state index contributed by atoms with van der Waals surface area (Å²) in [6, 6.07) is 7.56. The van der Waals surface area contributed by atoms with E-state index in [0.29, 0.717) is 43.4 Å². The molecule has 168 valence electrons. The Labute approximate surface area is 186 Å². The number of morpholine rings is 1. The van der Waals surface area contributed by atoms with Crippen molar-refractivity contribution in [3.63, 3.8) is 0 Å². The lowest BCUT2D eigenvalue weighted by Crippen LogP contribution is -2.44. The number of thiophene rings is 1. The maximum atomic E-state index is 12.4. The highest BCUT2D eigenvalue weighted by Crippen LogP contribution is 2.32. The van der Waals surface area contributed by atoms with E-state index in [1.165, 1.54) is 11.3 Å². The van der Waals surface area contributed by atoms with Crippen molar-refractivity contribution >= 4 is 23.2 Å². The molecule has 1 fully saturated rings. The Bertz CT molecular complexity index is 853. The summed E-state index contributed by atoms with van der Waals surface area (Å²) >= 11 is 1.46. The lowest BCUT2D eigenvalue weighted by molar-refractivity contribution is -0.121. The normalized spacial score (nSPS) is 15.2. The zero-order valence-electron chi connectivity index (χ0n) is 17.9. The zero-order chi connectivity index (χ0) is 22.1. The van der Waals surface area contributed by atoms with Crippen LogP contribution in [0, 0.1) is 0 Å². The molecule has 0 bridgehead atoms. The highest BCUT2D eigenvalue weighted by atomic mass is 32.1. The first-order chi connectivity index (χ1) is 15.1. The molecule has 1 aliphatic rings. The molecule has 9 heteroatoms. The summed E-state index contributed by atoms with van der Waals surface area (Å²) in [4.78, 5) is 26.7. The average molecular weight is 448 g/mol. The number of carbonyl (C=O) groups is 2. The first-order valence-electron chi connectivity index (χ1n) is 10.2. The van der Waals surface area contributed by atoms with E-state index in [1.807, 2.05) is 23.6 Å². The minimum absolute atomic E-state index is 0.0203. The van der Waals surface area contributed by atoms with Crippen LogP contribution in [-0.2, 0) is 9.53 Å². The molecule has 8 nitrogen and oxygen atoms in total. The summed E-state index contributed by atoms with van der Waals surface area (Å²) in [6.45, 7) is 3.63. The molecule has 31 heavy (non-hydrogen) atoms. The second kappa shape index (κ2) is 11.7. The van der Waals surface area contributed by atoms with Crippen molar-refractivity contribution in [2.75, 3.05) is 53.6 Å². The van der Waals surface area contributed by atoms with Crippen LogP contribution in [0.25, 0.3) is 0 Å². The van der Waals surface area contributed by atoms with Crippen LogP contribution < -0.4 is 20.1 Å². The fourth-order valence-corrected chi connectivity index (χ4v) is 4.13. The van der Waals surface area contributed by atoms with Crippen molar-refractivity contribution in [2.45, 2.75) is 12.5 Å². The topological polar surface area (TPSA) is 89.1 Å². The Kier molecular flexibility index (Phi) is 8.69. The Hall–Kier alpha value is -2.62. The molecule has 2 heterocycles. The maximum absolute atomic E-state index is 12.4. The molecule has 2 N–H and O–H groups in total. The van der Waals surface area contributed by atoms with Crippen LogP contribution in [0.5, 0.6) is 11.5 Å². The number of benzene rings is 1. The van der Waals surface area contributed by atoms with Gasteiger partial charge in [-0.15, -0.1) is 0 Å². The number of methoxy groups -OCH3 is 2. The predicted molar refractivity (Wildman–Crippen MR) is 119 cm³/mol. The fraction of sp³-hybridized carbons (Fsp3) is 0.455. The van der Waals surface area contributed by atoms with E-state index < -0.39 is 0 Å². The smallest absolute Gasteiger partial charge is 0.252 e. The lowest BCUT2D eigenvalue weighted by Gasteiger charge is -2.35. The van der Waals surface area contributed by atoms with Gasteiger partial charge in [-0.05, 0) is 29.1 Å². The van der Waals surface area contributed by atoms with Crippen LogP contribution >= 0.6 is 11.3 Å². The number of hydrogen-bond donors (Lipinski definition) is 2. The van der Waals surface area contributed by atoms with Gasteiger partial charge in [0.2, 0.25) is 5.91 Å².